The molecule has 1 heterocycles. The predicted octanol–water partition coefficient (Wildman–Crippen LogP) is 2.83. The number of hydrogen-bond acceptors (Lipinski definition) is 5. The number of carbonyl (C=O) groups excluding carboxylic acids is 1. The van der Waals surface area contributed by atoms with Gasteiger partial charge in [-0.1, -0.05) is 12.1 Å². The van der Waals surface area contributed by atoms with Gasteiger partial charge >= 0.3 is 0 Å². The molecule has 1 amide bonds. The number of nitrogens with zero attached hydrogens (tertiary/aromatic N) is 2. The van der Waals surface area contributed by atoms with Crippen molar-refractivity contribution in [3.8, 4) is 0 Å². The maximum absolute atomic E-state index is 12.4. The summed E-state index contributed by atoms with van der Waals surface area (Å²) in [4.78, 5) is 18.9. The van der Waals surface area contributed by atoms with Gasteiger partial charge in [0.05, 0.1) is 6.54 Å². The van der Waals surface area contributed by atoms with E-state index in [1.165, 1.54) is 0 Å². The third-order valence-electron chi connectivity index (χ3n) is 4.60. The van der Waals surface area contributed by atoms with Gasteiger partial charge in [0.25, 0.3) is 5.91 Å². The van der Waals surface area contributed by atoms with Crippen LogP contribution in [0, 0.1) is 0 Å². The number of hydrogen-bond donors (Lipinski definition) is 3. The smallest absolute Gasteiger partial charge is 0.251 e. The topological polar surface area (TPSA) is 68.8 Å². The number of amides is 1. The molecule has 0 atom stereocenters. The molecule has 3 rings (SSSR count). The number of nitrogens with one attached hydrogen (secondary N) is 3. The maximum Gasteiger partial charge on any atom is 0.251 e. The zero-order chi connectivity index (χ0) is 19.1. The van der Waals surface area contributed by atoms with Gasteiger partial charge < -0.3 is 20.9 Å². The Hall–Kier alpha value is -3.02. The van der Waals surface area contributed by atoms with E-state index in [1.54, 1.807) is 0 Å². The van der Waals surface area contributed by atoms with Gasteiger partial charge in [0.2, 0.25) is 0 Å². The van der Waals surface area contributed by atoms with Crippen LogP contribution in [-0.4, -0.2) is 38.0 Å². The summed E-state index contributed by atoms with van der Waals surface area (Å²) in [5.41, 5.74) is 3.84. The van der Waals surface area contributed by atoms with Crippen molar-refractivity contribution in [2.45, 2.75) is 20.4 Å². The molecule has 0 fully saturated rings. The molecular weight excluding hydrogens is 338 g/mol. The van der Waals surface area contributed by atoms with Crippen molar-refractivity contribution in [3.63, 3.8) is 0 Å². The van der Waals surface area contributed by atoms with Crippen LogP contribution in [0.2, 0.25) is 0 Å². The van der Waals surface area contributed by atoms with Gasteiger partial charge in [-0.2, -0.15) is 0 Å². The predicted molar refractivity (Wildman–Crippen MR) is 112 cm³/mol. The van der Waals surface area contributed by atoms with Crippen LogP contribution < -0.4 is 20.9 Å². The van der Waals surface area contributed by atoms with Crippen molar-refractivity contribution in [3.05, 3.63) is 59.7 Å². The molecule has 0 aliphatic carbocycles. The van der Waals surface area contributed by atoms with Gasteiger partial charge in [-0.05, 0) is 55.8 Å². The first-order chi connectivity index (χ1) is 13.2. The molecule has 0 spiro atoms. The summed E-state index contributed by atoms with van der Waals surface area (Å²) in [7, 11) is 0. The fourth-order valence-electron chi connectivity index (χ4n) is 3.02. The lowest BCUT2D eigenvalue weighted by Crippen LogP contribution is -2.26. The van der Waals surface area contributed by atoms with Crippen molar-refractivity contribution in [2.75, 3.05) is 36.4 Å². The summed E-state index contributed by atoms with van der Waals surface area (Å²) in [5.74, 6) is 0.747. The summed E-state index contributed by atoms with van der Waals surface area (Å²) >= 11 is 0. The molecular formula is C21H27N5O. The monoisotopic (exact) mass is 365 g/mol. The summed E-state index contributed by atoms with van der Waals surface area (Å²) in [6, 6.07) is 15.7. The lowest BCUT2D eigenvalue weighted by molar-refractivity contribution is 0.0951. The molecule has 3 N–H and O–H groups in total. The largest absolute Gasteiger partial charge is 0.372 e. The van der Waals surface area contributed by atoms with Crippen molar-refractivity contribution < 1.29 is 4.79 Å². The number of guanidine groups is 1. The molecule has 0 radical (unpaired) electrons. The second-order valence-electron chi connectivity index (χ2n) is 6.38. The maximum atomic E-state index is 12.4. The number of aliphatic imine (C=N–C) groups is 1. The molecule has 1 aliphatic rings. The highest BCUT2D eigenvalue weighted by molar-refractivity contribution is 5.95. The van der Waals surface area contributed by atoms with Gasteiger partial charge in [-0.3, -0.25) is 9.79 Å². The third-order valence-corrected chi connectivity index (χ3v) is 4.60. The van der Waals surface area contributed by atoms with E-state index in [9.17, 15) is 4.79 Å². The van der Waals surface area contributed by atoms with E-state index in [0.29, 0.717) is 12.1 Å². The lowest BCUT2D eigenvalue weighted by atomic mass is 10.1. The zero-order valence-electron chi connectivity index (χ0n) is 16.0. The Kier molecular flexibility index (Phi) is 6.30. The molecule has 0 bridgehead atoms. The third kappa shape index (κ3) is 5.00. The highest BCUT2D eigenvalue weighted by atomic mass is 16.1. The Morgan fingerprint density at radius 2 is 1.78 bits per heavy atom. The minimum absolute atomic E-state index is 0.0622. The normalized spacial score (nSPS) is 12.9. The summed E-state index contributed by atoms with van der Waals surface area (Å²) in [6.07, 6.45) is 0. The molecule has 1 aliphatic heterocycles. The van der Waals surface area contributed by atoms with Crippen LogP contribution >= 0.6 is 0 Å². The molecule has 0 saturated carbocycles. The fourth-order valence-corrected chi connectivity index (χ4v) is 3.02. The fraction of sp³-hybridized carbons (Fsp3) is 0.333. The highest BCUT2D eigenvalue weighted by Gasteiger charge is 2.08. The standard InChI is InChI=1S/C21H27N5O/c1-3-26(4-2)19-11-7-17(8-12-19)20(27)24-15-16-5-9-18(10-6-16)25-21-22-13-14-23-21/h5-12H,3-4,13-15H2,1-2H3,(H,24,27)(H2,22,23,25). The van der Waals surface area contributed by atoms with E-state index in [0.717, 1.165) is 49.1 Å². The zero-order valence-corrected chi connectivity index (χ0v) is 16.0. The molecule has 0 aromatic heterocycles. The highest BCUT2D eigenvalue weighted by Crippen LogP contribution is 2.15. The van der Waals surface area contributed by atoms with Crippen molar-refractivity contribution in [2.24, 2.45) is 4.99 Å². The number of benzene rings is 2. The Bertz CT molecular complexity index is 779. The van der Waals surface area contributed by atoms with E-state index in [1.807, 2.05) is 48.5 Å². The van der Waals surface area contributed by atoms with Gasteiger partial charge in [0, 0.05) is 43.1 Å². The van der Waals surface area contributed by atoms with Crippen molar-refractivity contribution >= 4 is 23.2 Å². The summed E-state index contributed by atoms with van der Waals surface area (Å²) in [5, 5.41) is 9.38. The Morgan fingerprint density at radius 1 is 1.07 bits per heavy atom. The van der Waals surface area contributed by atoms with Crippen molar-refractivity contribution in [1.29, 1.82) is 0 Å². The van der Waals surface area contributed by atoms with E-state index < -0.39 is 0 Å². The van der Waals surface area contributed by atoms with Crippen LogP contribution in [0.25, 0.3) is 0 Å². The number of anilines is 2. The van der Waals surface area contributed by atoms with E-state index in [-0.39, 0.29) is 5.91 Å². The van der Waals surface area contributed by atoms with Crippen LogP contribution in [0.3, 0.4) is 0 Å². The number of carbonyl (C=O) groups is 1. The van der Waals surface area contributed by atoms with Crippen molar-refractivity contribution in [1.82, 2.24) is 10.6 Å². The molecule has 2 aromatic rings. The molecule has 142 valence electrons. The number of rotatable bonds is 7. The van der Waals surface area contributed by atoms with E-state index in [4.69, 9.17) is 0 Å². The van der Waals surface area contributed by atoms with E-state index in [2.05, 4.69) is 39.7 Å². The van der Waals surface area contributed by atoms with Gasteiger partial charge in [-0.15, -0.1) is 0 Å². The average molecular weight is 365 g/mol. The first kappa shape index (κ1) is 18.8. The van der Waals surface area contributed by atoms with Crippen LogP contribution in [0.15, 0.2) is 53.5 Å². The van der Waals surface area contributed by atoms with Gasteiger partial charge in [0.15, 0.2) is 5.96 Å². The second-order valence-corrected chi connectivity index (χ2v) is 6.38. The Balaban J connectivity index is 1.52. The lowest BCUT2D eigenvalue weighted by Gasteiger charge is -2.21. The van der Waals surface area contributed by atoms with Crippen LogP contribution in [0.5, 0.6) is 0 Å². The average Bonchev–Trinajstić information content (AvgIpc) is 3.22. The second kappa shape index (κ2) is 9.07. The molecule has 0 unspecified atom stereocenters. The molecule has 6 nitrogen and oxygen atoms in total. The first-order valence-electron chi connectivity index (χ1n) is 9.47. The molecule has 27 heavy (non-hydrogen) atoms. The van der Waals surface area contributed by atoms with E-state index >= 15 is 0 Å². The Morgan fingerprint density at radius 3 is 2.37 bits per heavy atom. The first-order valence-corrected chi connectivity index (χ1v) is 9.47. The summed E-state index contributed by atoms with van der Waals surface area (Å²) in [6.45, 7) is 8.35. The van der Waals surface area contributed by atoms with Gasteiger partial charge in [0.1, 0.15) is 0 Å². The minimum atomic E-state index is -0.0622. The molecule has 6 heteroatoms. The quantitative estimate of drug-likeness (QED) is 0.706. The SMILES string of the molecule is CCN(CC)c1ccc(C(=O)NCc2ccc(NC3=NCCN3)cc2)cc1. The van der Waals surface area contributed by atoms with Crippen LogP contribution in [-0.2, 0) is 6.54 Å². The molecule has 0 saturated heterocycles. The van der Waals surface area contributed by atoms with Crippen LogP contribution in [0.4, 0.5) is 11.4 Å². The molecule has 2 aromatic carbocycles. The minimum Gasteiger partial charge on any atom is -0.372 e. The van der Waals surface area contributed by atoms with Crippen LogP contribution in [0.1, 0.15) is 29.8 Å². The summed E-state index contributed by atoms with van der Waals surface area (Å²) < 4.78 is 0. The Labute approximate surface area is 160 Å². The van der Waals surface area contributed by atoms with Gasteiger partial charge in [-0.25, -0.2) is 0 Å².